The summed E-state index contributed by atoms with van der Waals surface area (Å²) >= 11 is 0. The highest BCUT2D eigenvalue weighted by Crippen LogP contribution is 2.28. The van der Waals surface area contributed by atoms with Crippen LogP contribution in [0.15, 0.2) is 54.2 Å². The lowest BCUT2D eigenvalue weighted by atomic mass is 9.87. The van der Waals surface area contributed by atoms with Crippen molar-refractivity contribution in [1.82, 2.24) is 9.38 Å². The van der Waals surface area contributed by atoms with Gasteiger partial charge in [-0.25, -0.2) is 14.6 Å². The minimum absolute atomic E-state index is 0.0509. The quantitative estimate of drug-likeness (QED) is 0.248. The summed E-state index contributed by atoms with van der Waals surface area (Å²) in [6.45, 7) is 10.2. The smallest absolute Gasteiger partial charge is 0.345 e. The first-order valence-electron chi connectivity index (χ1n) is 10.4. The maximum Gasteiger partial charge on any atom is 0.345 e. The van der Waals surface area contributed by atoms with Crippen molar-refractivity contribution in [3.8, 4) is 11.4 Å². The van der Waals surface area contributed by atoms with E-state index in [1.807, 2.05) is 40.9 Å². The van der Waals surface area contributed by atoms with Gasteiger partial charge in [-0.1, -0.05) is 51.1 Å². The van der Waals surface area contributed by atoms with Crippen molar-refractivity contribution in [1.29, 1.82) is 0 Å². The van der Waals surface area contributed by atoms with E-state index in [1.165, 1.54) is 11.6 Å². The number of hydrogen-bond donors (Lipinski definition) is 0. The van der Waals surface area contributed by atoms with Gasteiger partial charge in [0.05, 0.1) is 24.4 Å². The third-order valence-corrected chi connectivity index (χ3v) is 4.86. The van der Waals surface area contributed by atoms with Gasteiger partial charge >= 0.3 is 11.9 Å². The molecule has 0 radical (unpaired) electrons. The van der Waals surface area contributed by atoms with Crippen LogP contribution in [-0.4, -0.2) is 34.5 Å². The summed E-state index contributed by atoms with van der Waals surface area (Å²) in [7, 11) is 0. The predicted molar refractivity (Wildman–Crippen MR) is 121 cm³/mol. The Hall–Kier alpha value is -3.41. The van der Waals surface area contributed by atoms with Crippen LogP contribution in [0.1, 0.15) is 45.9 Å². The van der Waals surface area contributed by atoms with Gasteiger partial charge in [-0.05, 0) is 43.0 Å². The molecule has 0 aliphatic heterocycles. The van der Waals surface area contributed by atoms with E-state index < -0.39 is 11.9 Å². The molecule has 3 aromatic rings. The summed E-state index contributed by atoms with van der Waals surface area (Å²) in [5, 5.41) is 0. The third kappa shape index (κ3) is 4.85. The summed E-state index contributed by atoms with van der Waals surface area (Å²) in [4.78, 5) is 29.5. The van der Waals surface area contributed by atoms with Gasteiger partial charge < -0.3 is 9.47 Å². The molecule has 31 heavy (non-hydrogen) atoms. The van der Waals surface area contributed by atoms with Crippen LogP contribution in [0.4, 0.5) is 0 Å². The number of imidazole rings is 1. The van der Waals surface area contributed by atoms with Gasteiger partial charge in [0.2, 0.25) is 0 Å². The highest BCUT2D eigenvalue weighted by molar-refractivity contribution is 6.18. The maximum absolute atomic E-state index is 12.4. The van der Waals surface area contributed by atoms with E-state index in [2.05, 4.69) is 32.9 Å². The predicted octanol–water partition coefficient (Wildman–Crippen LogP) is 4.81. The van der Waals surface area contributed by atoms with Gasteiger partial charge in [-0.2, -0.15) is 0 Å². The Labute approximate surface area is 182 Å². The van der Waals surface area contributed by atoms with Crippen LogP contribution in [0.2, 0.25) is 0 Å². The number of hydrogen-bond acceptors (Lipinski definition) is 5. The van der Waals surface area contributed by atoms with E-state index in [4.69, 9.17) is 14.5 Å². The summed E-state index contributed by atoms with van der Waals surface area (Å²) in [5.41, 5.74) is 3.29. The van der Waals surface area contributed by atoms with Crippen LogP contribution in [0.3, 0.4) is 0 Å². The number of esters is 2. The molecule has 0 aliphatic carbocycles. The van der Waals surface area contributed by atoms with Crippen molar-refractivity contribution in [2.24, 2.45) is 0 Å². The molecule has 0 spiro atoms. The molecular formula is C25H28N2O4. The first-order chi connectivity index (χ1) is 14.8. The van der Waals surface area contributed by atoms with Crippen LogP contribution < -0.4 is 0 Å². The standard InChI is InChI=1S/C25H28N2O4/c1-6-30-23(28)19(24(29)31-7-2)16-20-21-10-8-9-15-27(21)22(26-20)17-11-13-18(14-12-17)25(3,4)5/h8-16H,6-7H2,1-5H3. The van der Waals surface area contributed by atoms with Gasteiger partial charge in [0.25, 0.3) is 0 Å². The Bertz CT molecular complexity index is 1100. The lowest BCUT2D eigenvalue weighted by Crippen LogP contribution is -2.18. The second-order valence-corrected chi connectivity index (χ2v) is 8.10. The van der Waals surface area contributed by atoms with Crippen molar-refractivity contribution in [3.63, 3.8) is 0 Å². The molecule has 0 saturated carbocycles. The molecule has 0 amide bonds. The van der Waals surface area contributed by atoms with E-state index in [0.717, 1.165) is 16.9 Å². The molecule has 2 heterocycles. The number of aromatic nitrogens is 2. The van der Waals surface area contributed by atoms with Crippen molar-refractivity contribution in [3.05, 3.63) is 65.5 Å². The fourth-order valence-electron chi connectivity index (χ4n) is 3.25. The molecule has 6 heteroatoms. The van der Waals surface area contributed by atoms with Crippen molar-refractivity contribution >= 4 is 23.5 Å². The van der Waals surface area contributed by atoms with Gasteiger partial charge in [-0.3, -0.25) is 4.40 Å². The Morgan fingerprint density at radius 2 is 1.58 bits per heavy atom. The number of ether oxygens (including phenoxy) is 2. The average Bonchev–Trinajstić information content (AvgIpc) is 3.10. The Kier molecular flexibility index (Phi) is 6.59. The zero-order valence-electron chi connectivity index (χ0n) is 18.6. The zero-order valence-corrected chi connectivity index (χ0v) is 18.6. The molecule has 2 aromatic heterocycles. The first kappa shape index (κ1) is 22.3. The van der Waals surface area contributed by atoms with Crippen molar-refractivity contribution in [2.75, 3.05) is 13.2 Å². The fraction of sp³-hybridized carbons (Fsp3) is 0.320. The minimum atomic E-state index is -0.728. The zero-order chi connectivity index (χ0) is 22.6. The molecule has 1 aromatic carbocycles. The van der Waals surface area contributed by atoms with E-state index in [1.54, 1.807) is 13.8 Å². The molecular weight excluding hydrogens is 392 g/mol. The number of benzene rings is 1. The van der Waals surface area contributed by atoms with Crippen LogP contribution in [-0.2, 0) is 24.5 Å². The van der Waals surface area contributed by atoms with E-state index >= 15 is 0 Å². The van der Waals surface area contributed by atoms with Crippen molar-refractivity contribution in [2.45, 2.75) is 40.0 Å². The molecule has 0 N–H and O–H groups in total. The minimum Gasteiger partial charge on any atom is -0.462 e. The SMILES string of the molecule is CCOC(=O)C(=Cc1nc(-c2ccc(C(C)(C)C)cc2)n2ccccc12)C(=O)OCC. The van der Waals surface area contributed by atoms with Gasteiger partial charge in [-0.15, -0.1) is 0 Å². The van der Waals surface area contributed by atoms with Gasteiger partial charge in [0.1, 0.15) is 11.4 Å². The summed E-state index contributed by atoms with van der Waals surface area (Å²) in [5.74, 6) is -0.738. The second kappa shape index (κ2) is 9.16. The Morgan fingerprint density at radius 3 is 2.13 bits per heavy atom. The molecule has 0 aliphatic rings. The first-order valence-corrected chi connectivity index (χ1v) is 10.4. The lowest BCUT2D eigenvalue weighted by Gasteiger charge is -2.19. The van der Waals surface area contributed by atoms with E-state index in [-0.39, 0.29) is 24.2 Å². The van der Waals surface area contributed by atoms with Crippen LogP contribution >= 0.6 is 0 Å². The number of nitrogens with zero attached hydrogens (tertiary/aromatic N) is 2. The lowest BCUT2D eigenvalue weighted by molar-refractivity contribution is -0.146. The fourth-order valence-corrected chi connectivity index (χ4v) is 3.25. The topological polar surface area (TPSA) is 69.9 Å². The Balaban J connectivity index is 2.13. The molecule has 162 valence electrons. The van der Waals surface area contributed by atoms with Gasteiger partial charge in [0, 0.05) is 11.8 Å². The molecule has 3 rings (SSSR count). The van der Waals surface area contributed by atoms with Crippen LogP contribution in [0.25, 0.3) is 23.0 Å². The average molecular weight is 421 g/mol. The summed E-state index contributed by atoms with van der Waals surface area (Å²) < 4.78 is 12.0. The number of fused-ring (bicyclic) bond motifs is 1. The highest BCUT2D eigenvalue weighted by Gasteiger charge is 2.23. The highest BCUT2D eigenvalue weighted by atomic mass is 16.6. The number of pyridine rings is 1. The van der Waals surface area contributed by atoms with Crippen molar-refractivity contribution < 1.29 is 19.1 Å². The third-order valence-electron chi connectivity index (χ3n) is 4.86. The summed E-state index contributed by atoms with van der Waals surface area (Å²) in [6, 6.07) is 13.9. The number of rotatable bonds is 6. The second-order valence-electron chi connectivity index (χ2n) is 8.10. The molecule has 0 atom stereocenters. The maximum atomic E-state index is 12.4. The molecule has 6 nitrogen and oxygen atoms in total. The normalized spacial score (nSPS) is 11.3. The van der Waals surface area contributed by atoms with E-state index in [9.17, 15) is 9.59 Å². The monoisotopic (exact) mass is 420 g/mol. The molecule has 0 fully saturated rings. The van der Waals surface area contributed by atoms with Crippen LogP contribution in [0.5, 0.6) is 0 Å². The number of carbonyl (C=O) groups excluding carboxylic acids is 2. The Morgan fingerprint density at radius 1 is 0.968 bits per heavy atom. The van der Waals surface area contributed by atoms with Gasteiger partial charge in [0.15, 0.2) is 0 Å². The molecule has 0 saturated heterocycles. The number of carbonyl (C=O) groups is 2. The molecule has 0 unspecified atom stereocenters. The van der Waals surface area contributed by atoms with Crippen LogP contribution in [0, 0.1) is 0 Å². The van der Waals surface area contributed by atoms with E-state index in [0.29, 0.717) is 5.69 Å². The largest absolute Gasteiger partial charge is 0.462 e. The molecule has 0 bridgehead atoms. The summed E-state index contributed by atoms with van der Waals surface area (Å²) in [6.07, 6.45) is 3.35.